The second-order valence-electron chi connectivity index (χ2n) is 7.41. The molecule has 10 heteroatoms. The Bertz CT molecular complexity index is 1410. The van der Waals surface area contributed by atoms with Crippen LogP contribution in [0.4, 0.5) is 5.82 Å². The van der Waals surface area contributed by atoms with Crippen LogP contribution in [0.15, 0.2) is 60.9 Å². The largest absolute Gasteiger partial charge is 0.340 e. The Hall–Kier alpha value is -4.34. The average molecular weight is 489 g/mol. The molecule has 0 saturated carbocycles. The number of fused-ring (bicyclic) bond motifs is 1. The van der Waals surface area contributed by atoms with E-state index in [0.29, 0.717) is 5.82 Å². The van der Waals surface area contributed by atoms with Crippen LogP contribution in [0.2, 0.25) is 0 Å². The fraction of sp³-hybridized carbons (Fsp3) is 0.308. The van der Waals surface area contributed by atoms with Gasteiger partial charge in [-0.25, -0.2) is 24.2 Å². The number of allylic oxidation sites excluding steroid dienone is 1. The van der Waals surface area contributed by atoms with Crippen LogP contribution in [0, 0.1) is 6.92 Å². The Balaban J connectivity index is 0.000000223. The third-order valence-electron chi connectivity index (χ3n) is 4.73. The second kappa shape index (κ2) is 12.9. The zero-order chi connectivity index (χ0) is 26.8. The molecule has 0 aliphatic heterocycles. The first-order valence-corrected chi connectivity index (χ1v) is 11.9. The van der Waals surface area contributed by atoms with Crippen LogP contribution in [-0.4, -0.2) is 50.4 Å². The van der Waals surface area contributed by atoms with E-state index < -0.39 is 0 Å². The Labute approximate surface area is 212 Å². The molecule has 0 aromatic carbocycles. The third-order valence-corrected chi connectivity index (χ3v) is 4.73. The first kappa shape index (κ1) is 27.9. The lowest BCUT2D eigenvalue weighted by molar-refractivity contribution is 0.768. The molecule has 10 nitrogen and oxygen atoms in total. The first-order chi connectivity index (χ1) is 17.4. The van der Waals surface area contributed by atoms with Crippen LogP contribution in [0.5, 0.6) is 0 Å². The second-order valence-corrected chi connectivity index (χ2v) is 7.41. The molecule has 0 radical (unpaired) electrons. The number of imidazole rings is 1. The van der Waals surface area contributed by atoms with Crippen LogP contribution >= 0.6 is 0 Å². The zero-order valence-electron chi connectivity index (χ0n) is 22.5. The smallest absolute Gasteiger partial charge is 0.155 e. The van der Waals surface area contributed by atoms with Crippen LogP contribution in [-0.2, 0) is 14.1 Å². The topological polar surface area (TPSA) is 96.0 Å². The molecule has 0 aliphatic carbocycles. The lowest BCUT2D eigenvalue weighted by Crippen LogP contribution is -1.94. The number of aromatic nitrogens is 9. The summed E-state index contributed by atoms with van der Waals surface area (Å²) in [5.74, 6) is 0.686. The van der Waals surface area contributed by atoms with Gasteiger partial charge in [-0.05, 0) is 26.6 Å². The average Bonchev–Trinajstić information content (AvgIpc) is 3.68. The van der Waals surface area contributed by atoms with Crippen molar-refractivity contribution in [2.45, 2.75) is 41.5 Å². The van der Waals surface area contributed by atoms with Gasteiger partial charge < -0.3 is 4.57 Å². The lowest BCUT2D eigenvalue weighted by atomic mass is 10.2. The number of nitrogens with zero attached hydrogens (tertiary/aromatic N) is 10. The normalized spacial score (nSPS) is 9.89. The Morgan fingerprint density at radius 3 is 2.17 bits per heavy atom. The third kappa shape index (κ3) is 6.41. The van der Waals surface area contributed by atoms with Crippen molar-refractivity contribution in [3.8, 4) is 22.6 Å². The highest BCUT2D eigenvalue weighted by molar-refractivity contribution is 5.64. The number of hydrogen-bond donors (Lipinski definition) is 0. The maximum Gasteiger partial charge on any atom is 0.155 e. The van der Waals surface area contributed by atoms with E-state index in [2.05, 4.69) is 43.6 Å². The minimum absolute atomic E-state index is 0.686. The fourth-order valence-corrected chi connectivity index (χ4v) is 3.14. The molecule has 5 aromatic heterocycles. The van der Waals surface area contributed by atoms with E-state index in [1.165, 1.54) is 0 Å². The molecule has 0 unspecified atom stereocenters. The minimum atomic E-state index is 0.686. The standard InChI is InChI=1S/C11H11N5.C11H13N5.2C2H6/c1-8-3-4-12-11-5-9(14-16(8)11)10-6-15(2)7-13-10;1-8(2)16-11(12-3)5-10(14-16)9-6-13-15(4)7-9;2*1-2/h3-7H,1-2H3;5-7H,1,3H2,2,4H3;2*1-2H3. The van der Waals surface area contributed by atoms with Crippen LogP contribution in [0.1, 0.15) is 40.3 Å². The SMILES string of the molecule is C=Nc1cc(-c2cnn(C)c2)nn1C(=C)C.CC.CC.Cc1ccnc2cc(-c3cn(C)cn3)nn12. The molecule has 36 heavy (non-hydrogen) atoms. The van der Waals surface area contributed by atoms with Gasteiger partial charge in [-0.3, -0.25) is 4.68 Å². The predicted molar refractivity (Wildman–Crippen MR) is 147 cm³/mol. The molecule has 0 saturated heterocycles. The molecule has 0 N–H and O–H groups in total. The molecule has 5 rings (SSSR count). The Morgan fingerprint density at radius 2 is 1.67 bits per heavy atom. The van der Waals surface area contributed by atoms with Gasteiger partial charge in [-0.2, -0.15) is 15.3 Å². The summed E-state index contributed by atoms with van der Waals surface area (Å²) in [5.41, 5.74) is 6.20. The monoisotopic (exact) mass is 488 g/mol. The van der Waals surface area contributed by atoms with E-state index in [-0.39, 0.29) is 0 Å². The van der Waals surface area contributed by atoms with Crippen molar-refractivity contribution >= 4 is 23.9 Å². The minimum Gasteiger partial charge on any atom is -0.340 e. The number of aryl methyl sites for hydroxylation is 3. The molecule has 0 fully saturated rings. The van der Waals surface area contributed by atoms with Gasteiger partial charge in [0.05, 0.1) is 18.2 Å². The summed E-state index contributed by atoms with van der Waals surface area (Å²) in [5, 5.41) is 13.0. The number of aliphatic imine (C=N–C) groups is 1. The fourth-order valence-electron chi connectivity index (χ4n) is 3.14. The molecule has 0 aliphatic rings. The summed E-state index contributed by atoms with van der Waals surface area (Å²) in [7, 11) is 3.81. The van der Waals surface area contributed by atoms with Gasteiger partial charge in [0.15, 0.2) is 11.5 Å². The molecule has 5 heterocycles. The number of rotatable bonds is 4. The van der Waals surface area contributed by atoms with E-state index in [1.54, 1.807) is 28.1 Å². The summed E-state index contributed by atoms with van der Waals surface area (Å²) in [6.07, 6.45) is 9.15. The summed E-state index contributed by atoms with van der Waals surface area (Å²) in [6, 6.07) is 5.73. The molecule has 0 atom stereocenters. The van der Waals surface area contributed by atoms with Gasteiger partial charge in [0.1, 0.15) is 11.4 Å². The molecule has 190 valence electrons. The van der Waals surface area contributed by atoms with Gasteiger partial charge in [0, 0.05) is 61.8 Å². The highest BCUT2D eigenvalue weighted by Crippen LogP contribution is 2.24. The van der Waals surface area contributed by atoms with Crippen molar-refractivity contribution in [3.63, 3.8) is 0 Å². The summed E-state index contributed by atoms with van der Waals surface area (Å²) >= 11 is 0. The summed E-state index contributed by atoms with van der Waals surface area (Å²) in [6.45, 7) is 19.2. The Kier molecular flexibility index (Phi) is 10.0. The maximum atomic E-state index is 4.47. The molecule has 0 spiro atoms. The van der Waals surface area contributed by atoms with Crippen molar-refractivity contribution in [1.29, 1.82) is 0 Å². The van der Waals surface area contributed by atoms with E-state index >= 15 is 0 Å². The summed E-state index contributed by atoms with van der Waals surface area (Å²) < 4.78 is 7.12. The highest BCUT2D eigenvalue weighted by Gasteiger charge is 2.10. The molecular formula is C26H36N10. The Morgan fingerprint density at radius 1 is 0.944 bits per heavy atom. The molecular weight excluding hydrogens is 452 g/mol. The van der Waals surface area contributed by atoms with Crippen LogP contribution < -0.4 is 0 Å². The van der Waals surface area contributed by atoms with Crippen LogP contribution in [0.25, 0.3) is 34.0 Å². The lowest BCUT2D eigenvalue weighted by Gasteiger charge is -1.99. The van der Waals surface area contributed by atoms with Gasteiger partial charge >= 0.3 is 0 Å². The van der Waals surface area contributed by atoms with Gasteiger partial charge in [-0.15, -0.1) is 0 Å². The highest BCUT2D eigenvalue weighted by atomic mass is 15.3. The van der Waals surface area contributed by atoms with Crippen molar-refractivity contribution in [3.05, 3.63) is 61.6 Å². The van der Waals surface area contributed by atoms with Gasteiger partial charge in [0.25, 0.3) is 0 Å². The summed E-state index contributed by atoms with van der Waals surface area (Å²) in [4.78, 5) is 12.4. The van der Waals surface area contributed by atoms with Crippen LogP contribution in [0.3, 0.4) is 0 Å². The van der Waals surface area contributed by atoms with Crippen molar-refractivity contribution in [2.75, 3.05) is 0 Å². The van der Waals surface area contributed by atoms with Crippen molar-refractivity contribution in [2.24, 2.45) is 19.1 Å². The first-order valence-electron chi connectivity index (χ1n) is 11.9. The van der Waals surface area contributed by atoms with Gasteiger partial charge in [-0.1, -0.05) is 34.3 Å². The molecule has 0 amide bonds. The van der Waals surface area contributed by atoms with E-state index in [1.807, 2.05) is 95.3 Å². The zero-order valence-corrected chi connectivity index (χ0v) is 22.5. The number of hydrogen-bond acceptors (Lipinski definition) is 6. The van der Waals surface area contributed by atoms with E-state index in [9.17, 15) is 0 Å². The quantitative estimate of drug-likeness (QED) is 0.307. The van der Waals surface area contributed by atoms with Crippen molar-refractivity contribution in [1.82, 2.24) is 43.7 Å². The maximum absolute atomic E-state index is 4.47. The van der Waals surface area contributed by atoms with E-state index in [0.717, 1.165) is 39.7 Å². The van der Waals surface area contributed by atoms with Crippen molar-refractivity contribution < 1.29 is 0 Å². The van der Waals surface area contributed by atoms with E-state index in [4.69, 9.17) is 0 Å². The van der Waals surface area contributed by atoms with Gasteiger partial charge in [0.2, 0.25) is 0 Å². The molecule has 0 bridgehead atoms. The molecule has 5 aromatic rings. The predicted octanol–water partition coefficient (Wildman–Crippen LogP) is 5.60.